The van der Waals surface area contributed by atoms with Crippen LogP contribution in [0.2, 0.25) is 0 Å². The fourth-order valence-electron chi connectivity index (χ4n) is 2.67. The normalized spacial score (nSPS) is 10.7. The van der Waals surface area contributed by atoms with Crippen LogP contribution in [-0.4, -0.2) is 43.8 Å². The van der Waals surface area contributed by atoms with E-state index in [4.69, 9.17) is 4.74 Å². The fourth-order valence-corrected chi connectivity index (χ4v) is 2.67. The number of methoxy groups -OCH3 is 1. The zero-order valence-corrected chi connectivity index (χ0v) is 16.0. The molecule has 0 unspecified atom stereocenters. The van der Waals surface area contributed by atoms with Crippen LogP contribution in [0.3, 0.4) is 0 Å². The van der Waals surface area contributed by atoms with Gasteiger partial charge in [-0.15, -0.1) is 0 Å². The van der Waals surface area contributed by atoms with Crippen molar-refractivity contribution in [3.05, 3.63) is 85.7 Å². The van der Waals surface area contributed by atoms with Crippen LogP contribution in [0.4, 0.5) is 11.6 Å². The number of benzene rings is 2. The third-order valence-electron chi connectivity index (χ3n) is 4.05. The van der Waals surface area contributed by atoms with Gasteiger partial charge in [0.2, 0.25) is 6.33 Å². The zero-order valence-electron chi connectivity index (χ0n) is 16.0. The van der Waals surface area contributed by atoms with E-state index < -0.39 is 21.7 Å². The minimum absolute atomic E-state index is 0.118. The molecule has 2 aromatic carbocycles. The van der Waals surface area contributed by atoms with Gasteiger partial charge < -0.3 is 14.9 Å². The molecular weight excluding hydrogens is 410 g/mol. The van der Waals surface area contributed by atoms with Crippen LogP contribution in [0, 0.1) is 20.2 Å². The Morgan fingerprint density at radius 2 is 2.00 bits per heavy atom. The number of nitro groups is 2. The van der Waals surface area contributed by atoms with Crippen molar-refractivity contribution in [2.24, 2.45) is 5.10 Å². The number of nitrogens with one attached hydrogen (secondary N) is 1. The van der Waals surface area contributed by atoms with Crippen LogP contribution in [0.15, 0.2) is 53.9 Å². The summed E-state index contributed by atoms with van der Waals surface area (Å²) in [5.74, 6) is -0.735. The van der Waals surface area contributed by atoms with Gasteiger partial charge in [0.25, 0.3) is 11.6 Å². The first-order chi connectivity index (χ1) is 14.9. The second-order valence-corrected chi connectivity index (χ2v) is 6.04. The van der Waals surface area contributed by atoms with E-state index in [1.807, 2.05) is 0 Å². The highest BCUT2D eigenvalue weighted by molar-refractivity contribution is 5.98. The first kappa shape index (κ1) is 21.0. The number of hydrogen-bond donors (Lipinski definition) is 1. The van der Waals surface area contributed by atoms with Crippen molar-refractivity contribution in [3.8, 4) is 5.75 Å². The van der Waals surface area contributed by atoms with Crippen molar-refractivity contribution in [2.45, 2.75) is 6.54 Å². The maximum Gasteiger partial charge on any atom is 0.490 e. The molecule has 0 fully saturated rings. The van der Waals surface area contributed by atoms with Gasteiger partial charge in [-0.1, -0.05) is 17.1 Å². The van der Waals surface area contributed by atoms with E-state index >= 15 is 0 Å². The molecule has 1 heterocycles. The summed E-state index contributed by atoms with van der Waals surface area (Å²) in [5.41, 5.74) is 3.01. The number of hydrazone groups is 1. The number of nitro benzene ring substituents is 1. The molecular formula is C18H15N7O6. The number of rotatable bonds is 8. The second kappa shape index (κ2) is 9.21. The standard InChI is InChI=1S/C18H15N7O6/c1-31-16-7-6-12(8-13(16)10-23-11-19-18(22-23)25(29)30)9-20-21-17(26)14-4-2-3-5-15(14)24(27)28/h2-9,11H,10H2,1H3,(H,21,26)/b20-9-. The van der Waals surface area contributed by atoms with Crippen molar-refractivity contribution in [1.82, 2.24) is 20.2 Å². The Morgan fingerprint density at radius 3 is 2.68 bits per heavy atom. The van der Waals surface area contributed by atoms with E-state index in [0.717, 1.165) is 0 Å². The van der Waals surface area contributed by atoms with E-state index in [1.165, 1.54) is 48.6 Å². The number of ether oxygens (including phenoxy) is 1. The van der Waals surface area contributed by atoms with Crippen molar-refractivity contribution in [2.75, 3.05) is 7.11 Å². The van der Waals surface area contributed by atoms with Gasteiger partial charge >= 0.3 is 5.95 Å². The topological polar surface area (TPSA) is 168 Å². The summed E-state index contributed by atoms with van der Waals surface area (Å²) < 4.78 is 6.57. The zero-order chi connectivity index (χ0) is 22.4. The summed E-state index contributed by atoms with van der Waals surface area (Å²) in [6.07, 6.45) is 2.57. The number of para-hydroxylation sites is 1. The summed E-state index contributed by atoms with van der Waals surface area (Å²) >= 11 is 0. The predicted molar refractivity (Wildman–Crippen MR) is 107 cm³/mol. The number of nitrogens with zero attached hydrogens (tertiary/aromatic N) is 6. The van der Waals surface area contributed by atoms with Crippen molar-refractivity contribution >= 4 is 23.8 Å². The van der Waals surface area contributed by atoms with E-state index in [2.05, 4.69) is 20.6 Å². The number of aromatic nitrogens is 3. The Kier molecular flexibility index (Phi) is 6.25. The smallest absolute Gasteiger partial charge is 0.490 e. The first-order valence-electron chi connectivity index (χ1n) is 8.66. The molecule has 3 rings (SSSR count). The third kappa shape index (κ3) is 5.03. The molecule has 0 aliphatic rings. The molecule has 0 radical (unpaired) electrons. The monoisotopic (exact) mass is 425 g/mol. The van der Waals surface area contributed by atoms with E-state index in [0.29, 0.717) is 16.9 Å². The van der Waals surface area contributed by atoms with Crippen molar-refractivity contribution < 1.29 is 19.4 Å². The molecule has 3 aromatic rings. The van der Waals surface area contributed by atoms with Gasteiger partial charge in [-0.3, -0.25) is 14.9 Å². The Bertz CT molecular complexity index is 1170. The highest BCUT2D eigenvalue weighted by Crippen LogP contribution is 2.21. The molecule has 1 amide bonds. The number of hydrogen-bond acceptors (Lipinski definition) is 9. The van der Waals surface area contributed by atoms with Gasteiger partial charge in [0.1, 0.15) is 11.3 Å². The first-order valence-corrected chi connectivity index (χ1v) is 8.66. The van der Waals surface area contributed by atoms with Gasteiger partial charge in [0.15, 0.2) is 0 Å². The van der Waals surface area contributed by atoms with E-state index in [-0.39, 0.29) is 17.8 Å². The summed E-state index contributed by atoms with van der Waals surface area (Å²) in [6, 6.07) is 10.5. The van der Waals surface area contributed by atoms with Crippen LogP contribution in [0.5, 0.6) is 5.75 Å². The quantitative estimate of drug-likeness (QED) is 0.324. The van der Waals surface area contributed by atoms with E-state index in [9.17, 15) is 25.0 Å². The van der Waals surface area contributed by atoms with Crippen molar-refractivity contribution in [3.63, 3.8) is 0 Å². The van der Waals surface area contributed by atoms with Gasteiger partial charge in [-0.05, 0) is 34.8 Å². The highest BCUT2D eigenvalue weighted by Gasteiger charge is 2.18. The van der Waals surface area contributed by atoms with Gasteiger partial charge in [0, 0.05) is 16.7 Å². The average molecular weight is 425 g/mol. The molecule has 0 aliphatic heterocycles. The number of carbonyl (C=O) groups excluding carboxylic acids is 1. The molecule has 0 saturated carbocycles. The Morgan fingerprint density at radius 1 is 1.23 bits per heavy atom. The number of carbonyl (C=O) groups is 1. The highest BCUT2D eigenvalue weighted by atomic mass is 16.6. The molecule has 0 saturated heterocycles. The van der Waals surface area contributed by atoms with Gasteiger partial charge in [-0.25, -0.2) is 5.43 Å². The third-order valence-corrected chi connectivity index (χ3v) is 4.05. The SMILES string of the molecule is COc1ccc(/C=N\NC(=O)c2ccccc2[N+](=O)[O-])cc1Cn1cnc([N+](=O)[O-])n1. The Balaban J connectivity index is 1.75. The minimum atomic E-state index is -0.729. The van der Waals surface area contributed by atoms with E-state index in [1.54, 1.807) is 18.2 Å². The molecule has 13 nitrogen and oxygen atoms in total. The summed E-state index contributed by atoms with van der Waals surface area (Å²) in [5, 5.41) is 29.4. The van der Waals surface area contributed by atoms with Crippen LogP contribution in [-0.2, 0) is 6.54 Å². The van der Waals surface area contributed by atoms with Crippen LogP contribution in [0.25, 0.3) is 0 Å². The van der Waals surface area contributed by atoms with Crippen molar-refractivity contribution in [1.29, 1.82) is 0 Å². The second-order valence-electron chi connectivity index (χ2n) is 6.04. The summed E-state index contributed by atoms with van der Waals surface area (Å²) in [6.45, 7) is 0.147. The lowest BCUT2D eigenvalue weighted by atomic mass is 10.1. The summed E-state index contributed by atoms with van der Waals surface area (Å²) in [7, 11) is 1.48. The van der Waals surface area contributed by atoms with Gasteiger partial charge in [-0.2, -0.15) is 9.78 Å². The lowest BCUT2D eigenvalue weighted by molar-refractivity contribution is -0.394. The van der Waals surface area contributed by atoms with Gasteiger partial charge in [0.05, 0.1) is 24.8 Å². The number of amides is 1. The predicted octanol–water partition coefficient (Wildman–Crippen LogP) is 1.92. The molecule has 0 atom stereocenters. The largest absolute Gasteiger partial charge is 0.496 e. The Hall–Kier alpha value is -4.68. The maximum absolute atomic E-state index is 12.2. The average Bonchev–Trinajstić information content (AvgIpc) is 3.23. The van der Waals surface area contributed by atoms with Crippen LogP contribution in [0.1, 0.15) is 21.5 Å². The molecule has 0 spiro atoms. The summed E-state index contributed by atoms with van der Waals surface area (Å²) in [4.78, 5) is 36.2. The van der Waals surface area contributed by atoms with Crippen LogP contribution >= 0.6 is 0 Å². The molecule has 1 N–H and O–H groups in total. The minimum Gasteiger partial charge on any atom is -0.496 e. The molecule has 0 aliphatic carbocycles. The lowest BCUT2D eigenvalue weighted by Crippen LogP contribution is -2.19. The lowest BCUT2D eigenvalue weighted by Gasteiger charge is -2.08. The maximum atomic E-state index is 12.2. The Labute approximate surface area is 174 Å². The molecule has 1 aromatic heterocycles. The van der Waals surface area contributed by atoms with Crippen LogP contribution < -0.4 is 10.2 Å². The fraction of sp³-hybridized carbons (Fsp3) is 0.111. The molecule has 158 valence electrons. The molecule has 0 bridgehead atoms. The molecule has 31 heavy (non-hydrogen) atoms. The molecule has 13 heteroatoms.